The van der Waals surface area contributed by atoms with Crippen LogP contribution in [0.4, 0.5) is 28.4 Å². The molecule has 40 heavy (non-hydrogen) atoms. The van der Waals surface area contributed by atoms with Crippen molar-refractivity contribution < 1.29 is 4.74 Å². The molecule has 7 heteroatoms. The van der Waals surface area contributed by atoms with Crippen molar-refractivity contribution in [1.82, 2.24) is 14.5 Å². The number of nitrogens with zero attached hydrogens (tertiary/aromatic N) is 6. The van der Waals surface area contributed by atoms with Gasteiger partial charge in [0.15, 0.2) is 0 Å². The summed E-state index contributed by atoms with van der Waals surface area (Å²) in [6.45, 7) is 6.13. The summed E-state index contributed by atoms with van der Waals surface area (Å²) < 4.78 is 8.53. The fraction of sp³-hybridized carbons (Fsp3) is 0.242. The van der Waals surface area contributed by atoms with Crippen LogP contribution in [0.1, 0.15) is 19.4 Å². The molecule has 0 saturated carbocycles. The third-order valence-corrected chi connectivity index (χ3v) is 8.53. The van der Waals surface area contributed by atoms with Crippen molar-refractivity contribution in [2.75, 3.05) is 42.1 Å². The molecule has 0 atom stereocenters. The van der Waals surface area contributed by atoms with E-state index in [1.165, 1.54) is 22.6 Å². The van der Waals surface area contributed by atoms with E-state index in [4.69, 9.17) is 4.74 Å². The van der Waals surface area contributed by atoms with Gasteiger partial charge in [0.2, 0.25) is 0 Å². The molecule has 0 spiro atoms. The van der Waals surface area contributed by atoms with Crippen LogP contribution in [0.25, 0.3) is 11.0 Å². The summed E-state index contributed by atoms with van der Waals surface area (Å²) in [6, 6.07) is 29.8. The van der Waals surface area contributed by atoms with E-state index in [1.807, 2.05) is 25.5 Å². The number of hydrogen-bond acceptors (Lipinski definition) is 6. The van der Waals surface area contributed by atoms with Gasteiger partial charge in [-0.15, -0.1) is 0 Å². The molecule has 0 unspecified atom stereocenters. The SMILES string of the molecule is CN1CN(c2cccc(Oc3cccc(N4CN(C)C(C)(C)c5ccccc54)c3)c2)c2cc3c(cc21)ncn3C. The summed E-state index contributed by atoms with van der Waals surface area (Å²) in [4.78, 5) is 13.9. The van der Waals surface area contributed by atoms with Gasteiger partial charge in [-0.25, -0.2) is 4.98 Å². The Balaban J connectivity index is 1.19. The number of rotatable bonds is 4. The molecule has 1 aromatic heterocycles. The molecule has 0 aliphatic carbocycles. The lowest BCUT2D eigenvalue weighted by Crippen LogP contribution is -2.49. The van der Waals surface area contributed by atoms with Crippen LogP contribution < -0.4 is 19.4 Å². The molecule has 0 fully saturated rings. The molecular weight excluding hydrogens is 496 g/mol. The summed E-state index contributed by atoms with van der Waals surface area (Å²) in [5.41, 5.74) is 9.22. The van der Waals surface area contributed by atoms with Crippen LogP contribution in [0.5, 0.6) is 11.5 Å². The lowest BCUT2D eigenvalue weighted by molar-refractivity contribution is 0.150. The quantitative estimate of drug-likeness (QED) is 0.245. The van der Waals surface area contributed by atoms with Crippen molar-refractivity contribution in [3.8, 4) is 11.5 Å². The Morgan fingerprint density at radius 2 is 1.38 bits per heavy atom. The lowest BCUT2D eigenvalue weighted by atomic mass is 9.88. The highest BCUT2D eigenvalue weighted by Crippen LogP contribution is 2.44. The summed E-state index contributed by atoms with van der Waals surface area (Å²) in [5.74, 6) is 1.62. The number of imidazole rings is 1. The monoisotopic (exact) mass is 530 g/mol. The Labute approximate surface area is 235 Å². The van der Waals surface area contributed by atoms with E-state index in [2.05, 4.69) is 130 Å². The van der Waals surface area contributed by atoms with Crippen LogP contribution in [0.2, 0.25) is 0 Å². The third-order valence-electron chi connectivity index (χ3n) is 8.53. The molecule has 5 aromatic rings. The van der Waals surface area contributed by atoms with Gasteiger partial charge < -0.3 is 24.0 Å². The largest absolute Gasteiger partial charge is 0.457 e. The van der Waals surface area contributed by atoms with Gasteiger partial charge in [-0.05, 0) is 68.9 Å². The first kappa shape index (κ1) is 24.5. The summed E-state index contributed by atoms with van der Waals surface area (Å²) in [5, 5.41) is 0. The second kappa shape index (κ2) is 9.03. The van der Waals surface area contributed by atoms with Crippen molar-refractivity contribution in [2.45, 2.75) is 19.4 Å². The molecule has 3 heterocycles. The van der Waals surface area contributed by atoms with E-state index >= 15 is 0 Å². The van der Waals surface area contributed by atoms with E-state index in [0.717, 1.165) is 47.2 Å². The molecule has 4 aromatic carbocycles. The Morgan fingerprint density at radius 1 is 0.700 bits per heavy atom. The molecule has 7 rings (SSSR count). The van der Waals surface area contributed by atoms with Crippen LogP contribution in [0.3, 0.4) is 0 Å². The van der Waals surface area contributed by atoms with Crippen molar-refractivity contribution >= 4 is 39.5 Å². The number of benzene rings is 4. The van der Waals surface area contributed by atoms with Gasteiger partial charge in [0.25, 0.3) is 0 Å². The maximum Gasteiger partial charge on any atom is 0.129 e. The van der Waals surface area contributed by atoms with Crippen LogP contribution in [-0.4, -0.2) is 41.9 Å². The topological polar surface area (TPSA) is 40.0 Å². The zero-order chi connectivity index (χ0) is 27.6. The molecule has 0 saturated heterocycles. The number of anilines is 5. The molecule has 2 aliphatic rings. The van der Waals surface area contributed by atoms with E-state index in [9.17, 15) is 0 Å². The number of hydrogen-bond donors (Lipinski definition) is 0. The van der Waals surface area contributed by atoms with Crippen molar-refractivity contribution in [3.63, 3.8) is 0 Å². The normalized spacial score (nSPS) is 16.4. The molecule has 202 valence electrons. The third kappa shape index (κ3) is 3.88. The minimum atomic E-state index is -0.0353. The van der Waals surface area contributed by atoms with Gasteiger partial charge in [-0.1, -0.05) is 30.3 Å². The van der Waals surface area contributed by atoms with E-state index in [1.54, 1.807) is 0 Å². The predicted molar refractivity (Wildman–Crippen MR) is 163 cm³/mol. The smallest absolute Gasteiger partial charge is 0.129 e. The molecular formula is C33H34N6O. The van der Waals surface area contributed by atoms with Crippen molar-refractivity contribution in [3.05, 3.63) is 96.8 Å². The highest BCUT2D eigenvalue weighted by Gasteiger charge is 2.35. The highest BCUT2D eigenvalue weighted by molar-refractivity contribution is 5.93. The number of aryl methyl sites for hydroxylation is 1. The second-order valence-corrected chi connectivity index (χ2v) is 11.4. The summed E-state index contributed by atoms with van der Waals surface area (Å²) >= 11 is 0. The molecule has 7 nitrogen and oxygen atoms in total. The minimum absolute atomic E-state index is 0.0353. The standard InChI is InChI=1S/C33H34N6O/c1-33(2)27-14-6-7-15-29(27)39(22-37(33)5)24-11-9-13-26(17-24)40-25-12-8-10-23(16-25)38-21-36(4)31-18-28-30(19-32(31)38)35(3)20-34-28/h6-20H,21-22H2,1-5H3. The van der Waals surface area contributed by atoms with Gasteiger partial charge in [-0.3, -0.25) is 4.90 Å². The summed E-state index contributed by atoms with van der Waals surface area (Å²) in [6.07, 6.45) is 1.87. The van der Waals surface area contributed by atoms with E-state index in [-0.39, 0.29) is 5.54 Å². The average molecular weight is 531 g/mol. The van der Waals surface area contributed by atoms with Gasteiger partial charge in [0, 0.05) is 48.8 Å². The maximum absolute atomic E-state index is 6.46. The van der Waals surface area contributed by atoms with Crippen molar-refractivity contribution in [2.24, 2.45) is 7.05 Å². The number of fused-ring (bicyclic) bond motifs is 3. The zero-order valence-electron chi connectivity index (χ0n) is 23.7. The lowest BCUT2D eigenvalue weighted by Gasteiger charge is -2.47. The summed E-state index contributed by atoms with van der Waals surface area (Å²) in [7, 11) is 6.34. The van der Waals surface area contributed by atoms with Crippen LogP contribution in [0.15, 0.2) is 91.3 Å². The molecule has 2 aliphatic heterocycles. The molecule has 0 radical (unpaired) electrons. The minimum Gasteiger partial charge on any atom is -0.457 e. The Hall–Kier alpha value is -4.49. The second-order valence-electron chi connectivity index (χ2n) is 11.4. The maximum atomic E-state index is 6.46. The van der Waals surface area contributed by atoms with E-state index < -0.39 is 0 Å². The van der Waals surface area contributed by atoms with Gasteiger partial charge in [-0.2, -0.15) is 0 Å². The average Bonchev–Trinajstić information content (AvgIpc) is 3.49. The Morgan fingerprint density at radius 3 is 2.10 bits per heavy atom. The Kier molecular flexibility index (Phi) is 5.54. The predicted octanol–water partition coefficient (Wildman–Crippen LogP) is 7.19. The first-order valence-corrected chi connectivity index (χ1v) is 13.7. The van der Waals surface area contributed by atoms with Crippen molar-refractivity contribution in [1.29, 1.82) is 0 Å². The highest BCUT2D eigenvalue weighted by atomic mass is 16.5. The van der Waals surface area contributed by atoms with E-state index in [0.29, 0.717) is 0 Å². The molecule has 0 N–H and O–H groups in total. The first-order valence-electron chi connectivity index (χ1n) is 13.7. The zero-order valence-corrected chi connectivity index (χ0v) is 23.7. The molecule has 0 amide bonds. The number of aromatic nitrogens is 2. The van der Waals surface area contributed by atoms with Crippen LogP contribution >= 0.6 is 0 Å². The van der Waals surface area contributed by atoms with Crippen LogP contribution in [0, 0.1) is 0 Å². The van der Waals surface area contributed by atoms with Gasteiger partial charge in [0.05, 0.1) is 42.1 Å². The van der Waals surface area contributed by atoms with Crippen LogP contribution in [-0.2, 0) is 12.6 Å². The Bertz CT molecular complexity index is 1740. The molecule has 0 bridgehead atoms. The number of para-hydroxylation sites is 1. The first-order chi connectivity index (χ1) is 19.3. The van der Waals surface area contributed by atoms with Gasteiger partial charge >= 0.3 is 0 Å². The number of ether oxygens (including phenoxy) is 1. The van der Waals surface area contributed by atoms with Gasteiger partial charge in [0.1, 0.15) is 11.5 Å². The fourth-order valence-corrected chi connectivity index (χ4v) is 5.94. The fourth-order valence-electron chi connectivity index (χ4n) is 5.94.